The van der Waals surface area contributed by atoms with Gasteiger partial charge < -0.3 is 10.2 Å². The van der Waals surface area contributed by atoms with Gasteiger partial charge in [0.05, 0.1) is 5.92 Å². The molecule has 4 rings (SSSR count). The number of carbonyl (C=O) groups excluding carboxylic acids is 1. The number of nitrogens with one attached hydrogen (secondary N) is 1. The second-order valence-corrected chi connectivity index (χ2v) is 7.67. The highest BCUT2D eigenvalue weighted by molar-refractivity contribution is 5.93. The zero-order valence-electron chi connectivity index (χ0n) is 17.1. The van der Waals surface area contributed by atoms with Crippen LogP contribution in [-0.2, 0) is 4.79 Å². The van der Waals surface area contributed by atoms with Crippen LogP contribution < -0.4 is 10.2 Å². The molecule has 2 aromatic heterocycles. The number of rotatable bonds is 4. The molecule has 3 heterocycles. The van der Waals surface area contributed by atoms with Crippen LogP contribution >= 0.6 is 0 Å². The predicted octanol–water partition coefficient (Wildman–Crippen LogP) is 3.44. The molecular formula is C22H26N6O. The van der Waals surface area contributed by atoms with E-state index in [-0.39, 0.29) is 11.8 Å². The Labute approximate surface area is 170 Å². The van der Waals surface area contributed by atoms with Gasteiger partial charge in [-0.15, -0.1) is 10.2 Å². The maximum absolute atomic E-state index is 12.8. The third-order valence-corrected chi connectivity index (χ3v) is 5.60. The summed E-state index contributed by atoms with van der Waals surface area (Å²) in [6.07, 6.45) is 5.45. The van der Waals surface area contributed by atoms with Crippen molar-refractivity contribution in [1.29, 1.82) is 0 Å². The molecule has 7 heteroatoms. The quantitative estimate of drug-likeness (QED) is 0.738. The Balaban J connectivity index is 1.43. The molecule has 7 nitrogen and oxygen atoms in total. The SMILES string of the molecule is Cc1ccc(NC(=O)C2CCCN(c3ccc(-n4ccnc4C)nn3)C2)cc1C. The summed E-state index contributed by atoms with van der Waals surface area (Å²) in [5.41, 5.74) is 3.26. The molecule has 3 aromatic rings. The zero-order chi connectivity index (χ0) is 20.4. The lowest BCUT2D eigenvalue weighted by molar-refractivity contribution is -0.120. The highest BCUT2D eigenvalue weighted by Gasteiger charge is 2.27. The van der Waals surface area contributed by atoms with Crippen molar-refractivity contribution in [3.8, 4) is 5.82 Å². The number of hydrogen-bond donors (Lipinski definition) is 1. The average Bonchev–Trinajstić information content (AvgIpc) is 3.17. The van der Waals surface area contributed by atoms with Gasteiger partial charge in [-0.1, -0.05) is 6.07 Å². The first-order valence-corrected chi connectivity index (χ1v) is 9.98. The molecule has 0 aliphatic carbocycles. The van der Waals surface area contributed by atoms with E-state index >= 15 is 0 Å². The lowest BCUT2D eigenvalue weighted by atomic mass is 9.97. The molecule has 1 aliphatic heterocycles. The standard InChI is InChI=1S/C22H26N6O/c1-15-6-7-19(13-16(15)2)24-22(29)18-5-4-11-27(14-18)20-8-9-21(26-25-20)28-12-10-23-17(28)3/h6-10,12-13,18H,4-5,11,14H2,1-3H3,(H,24,29). The Bertz CT molecular complexity index is 1010. The molecule has 29 heavy (non-hydrogen) atoms. The fourth-order valence-corrected chi connectivity index (χ4v) is 3.70. The van der Waals surface area contributed by atoms with Crippen molar-refractivity contribution in [3.05, 3.63) is 59.7 Å². The van der Waals surface area contributed by atoms with Gasteiger partial charge in [0.2, 0.25) is 5.91 Å². The van der Waals surface area contributed by atoms with Crippen LogP contribution in [0.15, 0.2) is 42.7 Å². The minimum Gasteiger partial charge on any atom is -0.354 e. The van der Waals surface area contributed by atoms with Gasteiger partial charge in [0.25, 0.3) is 0 Å². The monoisotopic (exact) mass is 390 g/mol. The van der Waals surface area contributed by atoms with E-state index in [0.717, 1.165) is 42.5 Å². The summed E-state index contributed by atoms with van der Waals surface area (Å²) in [5.74, 6) is 2.41. The summed E-state index contributed by atoms with van der Waals surface area (Å²) in [4.78, 5) is 19.2. The van der Waals surface area contributed by atoms with Crippen LogP contribution in [0.3, 0.4) is 0 Å². The van der Waals surface area contributed by atoms with E-state index in [2.05, 4.69) is 39.2 Å². The van der Waals surface area contributed by atoms with Gasteiger partial charge in [-0.05, 0) is 69.0 Å². The molecule has 0 saturated carbocycles. The average molecular weight is 390 g/mol. The van der Waals surface area contributed by atoms with Crippen molar-refractivity contribution in [2.45, 2.75) is 33.6 Å². The number of aryl methyl sites for hydroxylation is 3. The third-order valence-electron chi connectivity index (χ3n) is 5.60. The van der Waals surface area contributed by atoms with Crippen LogP contribution in [0.2, 0.25) is 0 Å². The number of benzene rings is 1. The molecule has 1 unspecified atom stereocenters. The maximum Gasteiger partial charge on any atom is 0.229 e. The Morgan fingerprint density at radius 3 is 2.55 bits per heavy atom. The fourth-order valence-electron chi connectivity index (χ4n) is 3.70. The van der Waals surface area contributed by atoms with E-state index in [4.69, 9.17) is 0 Å². The first-order chi connectivity index (χ1) is 14.0. The normalized spacial score (nSPS) is 16.7. The highest BCUT2D eigenvalue weighted by atomic mass is 16.1. The van der Waals surface area contributed by atoms with Crippen LogP contribution in [0.5, 0.6) is 0 Å². The molecule has 1 atom stereocenters. The van der Waals surface area contributed by atoms with Gasteiger partial charge in [0.1, 0.15) is 5.82 Å². The Hall–Kier alpha value is -3.22. The number of hydrogen-bond acceptors (Lipinski definition) is 5. The maximum atomic E-state index is 12.8. The van der Waals surface area contributed by atoms with E-state index in [0.29, 0.717) is 6.54 Å². The Morgan fingerprint density at radius 1 is 1.07 bits per heavy atom. The molecule has 1 fully saturated rings. The summed E-state index contributed by atoms with van der Waals surface area (Å²) in [6.45, 7) is 7.58. The summed E-state index contributed by atoms with van der Waals surface area (Å²) < 4.78 is 1.90. The number of piperidine rings is 1. The molecule has 1 amide bonds. The van der Waals surface area contributed by atoms with E-state index in [1.807, 2.05) is 48.0 Å². The molecule has 1 aliphatic rings. The minimum absolute atomic E-state index is 0.0663. The van der Waals surface area contributed by atoms with Crippen LogP contribution in [0.4, 0.5) is 11.5 Å². The lowest BCUT2D eigenvalue weighted by Crippen LogP contribution is -2.41. The predicted molar refractivity (Wildman–Crippen MR) is 113 cm³/mol. The summed E-state index contributed by atoms with van der Waals surface area (Å²) in [5, 5.41) is 11.8. The van der Waals surface area contributed by atoms with Gasteiger partial charge in [-0.2, -0.15) is 0 Å². The molecule has 1 N–H and O–H groups in total. The van der Waals surface area contributed by atoms with E-state index < -0.39 is 0 Å². The highest BCUT2D eigenvalue weighted by Crippen LogP contribution is 2.23. The van der Waals surface area contributed by atoms with E-state index in [9.17, 15) is 4.79 Å². The molecule has 150 valence electrons. The van der Waals surface area contributed by atoms with E-state index in [1.54, 1.807) is 6.20 Å². The van der Waals surface area contributed by atoms with E-state index in [1.165, 1.54) is 11.1 Å². The largest absolute Gasteiger partial charge is 0.354 e. The van der Waals surface area contributed by atoms with Crippen LogP contribution in [-0.4, -0.2) is 38.7 Å². The summed E-state index contributed by atoms with van der Waals surface area (Å²) >= 11 is 0. The van der Waals surface area contributed by atoms with Gasteiger partial charge >= 0.3 is 0 Å². The first kappa shape index (κ1) is 19.1. The smallest absolute Gasteiger partial charge is 0.229 e. The number of nitrogens with zero attached hydrogens (tertiary/aromatic N) is 5. The van der Waals surface area contributed by atoms with Crippen molar-refractivity contribution in [2.24, 2.45) is 5.92 Å². The van der Waals surface area contributed by atoms with Crippen molar-refractivity contribution in [3.63, 3.8) is 0 Å². The van der Waals surface area contributed by atoms with Crippen molar-refractivity contribution in [1.82, 2.24) is 19.7 Å². The van der Waals surface area contributed by atoms with Gasteiger partial charge in [0, 0.05) is 31.2 Å². The zero-order valence-corrected chi connectivity index (χ0v) is 17.1. The Kier molecular flexibility index (Phi) is 5.29. The van der Waals surface area contributed by atoms with Gasteiger partial charge in [-0.25, -0.2) is 4.98 Å². The van der Waals surface area contributed by atoms with Gasteiger partial charge in [0.15, 0.2) is 11.6 Å². The topological polar surface area (TPSA) is 75.9 Å². The summed E-state index contributed by atoms with van der Waals surface area (Å²) in [6, 6.07) is 9.93. The number of imidazole rings is 1. The second kappa shape index (κ2) is 8.03. The molecule has 0 spiro atoms. The molecule has 1 aromatic carbocycles. The first-order valence-electron chi connectivity index (χ1n) is 9.98. The second-order valence-electron chi connectivity index (χ2n) is 7.67. The van der Waals surface area contributed by atoms with Crippen molar-refractivity contribution < 1.29 is 4.79 Å². The number of amides is 1. The fraction of sp³-hybridized carbons (Fsp3) is 0.364. The Morgan fingerprint density at radius 2 is 1.86 bits per heavy atom. The number of anilines is 2. The third kappa shape index (κ3) is 4.13. The van der Waals surface area contributed by atoms with Crippen molar-refractivity contribution >= 4 is 17.4 Å². The lowest BCUT2D eigenvalue weighted by Gasteiger charge is -2.32. The number of aromatic nitrogens is 4. The number of carbonyl (C=O) groups is 1. The van der Waals surface area contributed by atoms with Crippen LogP contribution in [0.25, 0.3) is 5.82 Å². The molecule has 1 saturated heterocycles. The van der Waals surface area contributed by atoms with Crippen molar-refractivity contribution in [2.75, 3.05) is 23.3 Å². The van der Waals surface area contributed by atoms with Crippen LogP contribution in [0.1, 0.15) is 29.8 Å². The molecule has 0 radical (unpaired) electrons. The molecular weight excluding hydrogens is 364 g/mol. The summed E-state index contributed by atoms with van der Waals surface area (Å²) in [7, 11) is 0. The van der Waals surface area contributed by atoms with Crippen LogP contribution in [0, 0.1) is 26.7 Å². The van der Waals surface area contributed by atoms with Gasteiger partial charge in [-0.3, -0.25) is 9.36 Å². The minimum atomic E-state index is -0.0669. The molecule has 0 bridgehead atoms.